The number of nitrogens with zero attached hydrogens (tertiary/aromatic N) is 5. The van der Waals surface area contributed by atoms with E-state index in [0.717, 1.165) is 37.4 Å². The second-order valence-corrected chi connectivity index (χ2v) is 9.93. The van der Waals surface area contributed by atoms with Gasteiger partial charge in [0.15, 0.2) is 0 Å². The predicted octanol–water partition coefficient (Wildman–Crippen LogP) is 3.45. The highest BCUT2D eigenvalue weighted by Gasteiger charge is 2.34. The van der Waals surface area contributed by atoms with Crippen molar-refractivity contribution < 1.29 is 9.59 Å². The average molecular weight is 487 g/mol. The maximum Gasteiger partial charge on any atom is 0.277 e. The van der Waals surface area contributed by atoms with Crippen molar-refractivity contribution in [1.29, 1.82) is 0 Å². The van der Waals surface area contributed by atoms with Gasteiger partial charge in [-0.25, -0.2) is 0 Å². The number of piperazine rings is 1. The first kappa shape index (κ1) is 24.1. The lowest BCUT2D eigenvalue weighted by molar-refractivity contribution is 0.0840. The topological polar surface area (TPSA) is 87.7 Å². The van der Waals surface area contributed by atoms with Crippen LogP contribution in [-0.4, -0.2) is 65.8 Å². The van der Waals surface area contributed by atoms with Gasteiger partial charge < -0.3 is 15.5 Å². The molecule has 2 aliphatic heterocycles. The van der Waals surface area contributed by atoms with Gasteiger partial charge in [0.05, 0.1) is 0 Å². The Bertz CT molecular complexity index is 1290. The molecule has 0 radical (unpaired) electrons. The largest absolute Gasteiger partial charge is 0.382 e. The second kappa shape index (κ2) is 9.78. The number of fused-ring (bicyclic) bond motifs is 1. The fraction of sp³-hybridized carbons (Fsp3) is 0.393. The van der Waals surface area contributed by atoms with Crippen molar-refractivity contribution in [2.45, 2.75) is 33.6 Å². The van der Waals surface area contributed by atoms with Crippen LogP contribution in [0.2, 0.25) is 0 Å². The highest BCUT2D eigenvalue weighted by Crippen LogP contribution is 2.28. The standard InChI is InChI=1S/C28H34N6O2/c1-19-4-7-22(8-5-19)33-13-10-23-26(28(33)36)34(30-27(23)29)25(35)11-12-31-14-16-32(17-15-31)24-9-6-20(2)18-21(24)3/h4-9,18H,10-17H2,1-3H3,(H2,29,30). The first-order valence-corrected chi connectivity index (χ1v) is 12.7. The molecule has 1 saturated heterocycles. The number of nitrogens with two attached hydrogens (primary N) is 1. The molecule has 2 N–H and O–H groups in total. The molecule has 3 aromatic rings. The average Bonchev–Trinajstić information content (AvgIpc) is 3.21. The molecule has 2 aromatic carbocycles. The van der Waals surface area contributed by atoms with Crippen LogP contribution in [0.25, 0.3) is 0 Å². The van der Waals surface area contributed by atoms with E-state index < -0.39 is 0 Å². The van der Waals surface area contributed by atoms with Crippen LogP contribution in [0.5, 0.6) is 0 Å². The van der Waals surface area contributed by atoms with Gasteiger partial charge >= 0.3 is 0 Å². The molecule has 1 amide bonds. The highest BCUT2D eigenvalue weighted by molar-refractivity contribution is 6.09. The smallest absolute Gasteiger partial charge is 0.277 e. The third-order valence-corrected chi connectivity index (χ3v) is 7.34. The van der Waals surface area contributed by atoms with Gasteiger partial charge in [-0.2, -0.15) is 4.68 Å². The number of carbonyl (C=O) groups is 2. The third kappa shape index (κ3) is 4.60. The molecule has 0 saturated carbocycles. The summed E-state index contributed by atoms with van der Waals surface area (Å²) in [6, 6.07) is 14.4. The molecule has 0 spiro atoms. The molecule has 5 rings (SSSR count). The van der Waals surface area contributed by atoms with Crippen molar-refractivity contribution in [3.05, 3.63) is 70.4 Å². The highest BCUT2D eigenvalue weighted by atomic mass is 16.2. The molecule has 3 heterocycles. The number of rotatable bonds is 5. The molecule has 0 unspecified atom stereocenters. The van der Waals surface area contributed by atoms with Gasteiger partial charge in [-0.05, 0) is 51.0 Å². The Kier molecular flexibility index (Phi) is 6.53. The summed E-state index contributed by atoms with van der Waals surface area (Å²) >= 11 is 0. The van der Waals surface area contributed by atoms with Gasteiger partial charge in [0.1, 0.15) is 11.5 Å². The Morgan fingerprint density at radius 2 is 1.64 bits per heavy atom. The van der Waals surface area contributed by atoms with Gasteiger partial charge in [0.2, 0.25) is 5.91 Å². The van der Waals surface area contributed by atoms with Crippen molar-refractivity contribution >= 4 is 29.0 Å². The molecule has 8 nitrogen and oxygen atoms in total. The number of amides is 1. The summed E-state index contributed by atoms with van der Waals surface area (Å²) in [5.41, 5.74) is 12.9. The Balaban J connectivity index is 1.23. The Morgan fingerprint density at radius 3 is 2.33 bits per heavy atom. The number of carbonyl (C=O) groups excluding carboxylic acids is 2. The number of nitrogen functional groups attached to an aromatic ring is 1. The molecular formula is C28H34N6O2. The van der Waals surface area contributed by atoms with Crippen molar-refractivity contribution in [3.63, 3.8) is 0 Å². The van der Waals surface area contributed by atoms with E-state index in [1.807, 2.05) is 31.2 Å². The lowest BCUT2D eigenvalue weighted by Gasteiger charge is -2.36. The van der Waals surface area contributed by atoms with E-state index in [0.29, 0.717) is 30.8 Å². The molecule has 188 valence electrons. The van der Waals surface area contributed by atoms with Gasteiger partial charge in [0.25, 0.3) is 5.91 Å². The molecular weight excluding hydrogens is 452 g/mol. The normalized spacial score (nSPS) is 16.4. The third-order valence-electron chi connectivity index (χ3n) is 7.34. The summed E-state index contributed by atoms with van der Waals surface area (Å²) in [5.74, 6) is -0.143. The van der Waals surface area contributed by atoms with Crippen LogP contribution in [0, 0.1) is 20.8 Å². The molecule has 1 aromatic heterocycles. The number of anilines is 3. The van der Waals surface area contributed by atoms with Gasteiger partial charge in [-0.3, -0.25) is 14.5 Å². The zero-order chi connectivity index (χ0) is 25.4. The second-order valence-electron chi connectivity index (χ2n) is 9.93. The fourth-order valence-corrected chi connectivity index (χ4v) is 5.27. The van der Waals surface area contributed by atoms with Crippen LogP contribution in [-0.2, 0) is 6.42 Å². The van der Waals surface area contributed by atoms with E-state index in [4.69, 9.17) is 5.73 Å². The monoisotopic (exact) mass is 486 g/mol. The summed E-state index contributed by atoms with van der Waals surface area (Å²) in [6.45, 7) is 11.1. The van der Waals surface area contributed by atoms with Crippen LogP contribution in [0.4, 0.5) is 17.2 Å². The molecule has 36 heavy (non-hydrogen) atoms. The zero-order valence-electron chi connectivity index (χ0n) is 21.3. The Morgan fingerprint density at radius 1 is 0.944 bits per heavy atom. The molecule has 0 atom stereocenters. The minimum absolute atomic E-state index is 0.195. The van der Waals surface area contributed by atoms with E-state index in [9.17, 15) is 9.59 Å². The summed E-state index contributed by atoms with van der Waals surface area (Å²) in [5, 5.41) is 4.29. The summed E-state index contributed by atoms with van der Waals surface area (Å²) in [7, 11) is 0. The van der Waals surface area contributed by atoms with Crippen LogP contribution >= 0.6 is 0 Å². The summed E-state index contributed by atoms with van der Waals surface area (Å²) in [4.78, 5) is 33.0. The number of benzene rings is 2. The zero-order valence-corrected chi connectivity index (χ0v) is 21.3. The van der Waals surface area contributed by atoms with Crippen molar-refractivity contribution in [1.82, 2.24) is 14.7 Å². The fourth-order valence-electron chi connectivity index (χ4n) is 5.27. The minimum Gasteiger partial charge on any atom is -0.382 e. The molecule has 1 fully saturated rings. The van der Waals surface area contributed by atoms with Crippen molar-refractivity contribution in [2.75, 3.05) is 54.8 Å². The van der Waals surface area contributed by atoms with E-state index in [-0.39, 0.29) is 24.1 Å². The lowest BCUT2D eigenvalue weighted by Crippen LogP contribution is -2.47. The Labute approximate surface area is 212 Å². The lowest BCUT2D eigenvalue weighted by atomic mass is 10.0. The van der Waals surface area contributed by atoms with Gasteiger partial charge in [-0.1, -0.05) is 35.4 Å². The van der Waals surface area contributed by atoms with Crippen LogP contribution in [0.1, 0.15) is 44.0 Å². The number of aryl methyl sites for hydroxylation is 3. The minimum atomic E-state index is -0.222. The van der Waals surface area contributed by atoms with Crippen LogP contribution < -0.4 is 15.5 Å². The first-order chi connectivity index (χ1) is 17.3. The van der Waals surface area contributed by atoms with Crippen LogP contribution in [0.3, 0.4) is 0 Å². The maximum atomic E-state index is 13.4. The van der Waals surface area contributed by atoms with Gasteiger partial charge in [-0.15, -0.1) is 5.10 Å². The molecule has 8 heteroatoms. The molecule has 0 aliphatic carbocycles. The maximum absolute atomic E-state index is 13.4. The quantitative estimate of drug-likeness (QED) is 0.594. The number of hydrogen-bond donors (Lipinski definition) is 1. The van der Waals surface area contributed by atoms with Crippen molar-refractivity contribution in [2.24, 2.45) is 0 Å². The van der Waals surface area contributed by atoms with E-state index >= 15 is 0 Å². The summed E-state index contributed by atoms with van der Waals surface area (Å²) in [6.07, 6.45) is 0.864. The van der Waals surface area contributed by atoms with Crippen molar-refractivity contribution in [3.8, 4) is 0 Å². The van der Waals surface area contributed by atoms with E-state index in [2.05, 4.69) is 46.9 Å². The van der Waals surface area contributed by atoms with Gasteiger partial charge in [0, 0.05) is 62.6 Å². The molecule has 2 aliphatic rings. The summed E-state index contributed by atoms with van der Waals surface area (Å²) < 4.78 is 1.25. The first-order valence-electron chi connectivity index (χ1n) is 12.7. The number of hydrogen-bond acceptors (Lipinski definition) is 6. The SMILES string of the molecule is Cc1ccc(N2CCc3c(N)nn(C(=O)CCN4CCN(c5ccc(C)cc5C)CC4)c3C2=O)cc1. The van der Waals surface area contributed by atoms with E-state index in [1.54, 1.807) is 4.90 Å². The van der Waals surface area contributed by atoms with E-state index in [1.165, 1.54) is 21.5 Å². The predicted molar refractivity (Wildman–Crippen MR) is 143 cm³/mol. The Hall–Kier alpha value is -3.65. The number of aromatic nitrogens is 2. The van der Waals surface area contributed by atoms with Crippen LogP contribution in [0.15, 0.2) is 42.5 Å². The molecule has 0 bridgehead atoms.